The van der Waals surface area contributed by atoms with E-state index in [4.69, 9.17) is 5.11 Å². The van der Waals surface area contributed by atoms with Gasteiger partial charge in [-0.1, -0.05) is 0 Å². The van der Waals surface area contributed by atoms with Gasteiger partial charge in [-0.3, -0.25) is 14.6 Å². The largest absolute Gasteiger partial charge is 0.478 e. The zero-order valence-corrected chi connectivity index (χ0v) is 9.77. The minimum atomic E-state index is -1.10. The van der Waals surface area contributed by atoms with Crippen LogP contribution in [0, 0.1) is 0 Å². The first kappa shape index (κ1) is 13.6. The van der Waals surface area contributed by atoms with Gasteiger partial charge in [-0.15, -0.1) is 0 Å². The molecule has 0 fully saturated rings. The molecule has 96 valence electrons. The summed E-state index contributed by atoms with van der Waals surface area (Å²) in [5, 5.41) is 13.6. The van der Waals surface area contributed by atoms with Crippen molar-refractivity contribution in [3.63, 3.8) is 0 Å². The van der Waals surface area contributed by atoms with Gasteiger partial charge in [-0.25, -0.2) is 4.79 Å². The minimum Gasteiger partial charge on any atom is -0.478 e. The third-order valence-electron chi connectivity index (χ3n) is 2.16. The number of hydrogen-bond donors (Lipinski definition) is 3. The molecule has 1 rings (SSSR count). The molecule has 0 atom stereocenters. The molecule has 0 unspecified atom stereocenters. The Balaban J connectivity index is 2.51. The van der Waals surface area contributed by atoms with Crippen LogP contribution in [0.1, 0.15) is 27.3 Å². The van der Waals surface area contributed by atoms with Crippen LogP contribution in [0.2, 0.25) is 0 Å². The van der Waals surface area contributed by atoms with Crippen LogP contribution in [0.5, 0.6) is 0 Å². The normalized spacial score (nSPS) is 9.61. The number of amides is 2. The average molecular weight is 251 g/mol. The van der Waals surface area contributed by atoms with E-state index in [-0.39, 0.29) is 30.1 Å². The van der Waals surface area contributed by atoms with Gasteiger partial charge in [0, 0.05) is 26.2 Å². The van der Waals surface area contributed by atoms with Gasteiger partial charge in [-0.2, -0.15) is 0 Å². The summed E-state index contributed by atoms with van der Waals surface area (Å²) in [6.45, 7) is 0.195. The topological polar surface area (TPSA) is 108 Å². The Hall–Kier alpha value is -2.44. The second-order valence-electron chi connectivity index (χ2n) is 3.42. The van der Waals surface area contributed by atoms with Gasteiger partial charge in [0.25, 0.3) is 5.91 Å². The fourth-order valence-corrected chi connectivity index (χ4v) is 1.16. The van der Waals surface area contributed by atoms with Gasteiger partial charge >= 0.3 is 5.97 Å². The third kappa shape index (κ3) is 3.85. The van der Waals surface area contributed by atoms with Gasteiger partial charge in [0.2, 0.25) is 5.91 Å². The lowest BCUT2D eigenvalue weighted by molar-refractivity contribution is -0.120. The number of pyridine rings is 1. The van der Waals surface area contributed by atoms with Gasteiger partial charge in [0.05, 0.1) is 5.56 Å². The highest BCUT2D eigenvalue weighted by Crippen LogP contribution is 2.00. The summed E-state index contributed by atoms with van der Waals surface area (Å²) in [4.78, 5) is 36.8. The van der Waals surface area contributed by atoms with Crippen LogP contribution in [0.15, 0.2) is 18.3 Å². The van der Waals surface area contributed by atoms with E-state index in [9.17, 15) is 14.4 Å². The standard InChI is InChI=1S/C11H13N3O4/c1-12-9(15)4-5-13-10(16)8-3-2-7(6-14-8)11(17)18/h2-3,6H,4-5H2,1H3,(H,12,15)(H,13,16)(H,17,18). The van der Waals surface area contributed by atoms with Gasteiger partial charge in [0.1, 0.15) is 5.69 Å². The second-order valence-corrected chi connectivity index (χ2v) is 3.42. The van der Waals surface area contributed by atoms with Crippen molar-refractivity contribution in [2.45, 2.75) is 6.42 Å². The van der Waals surface area contributed by atoms with Crippen molar-refractivity contribution < 1.29 is 19.5 Å². The maximum Gasteiger partial charge on any atom is 0.337 e. The summed E-state index contributed by atoms with van der Waals surface area (Å²) in [6.07, 6.45) is 1.28. The fourth-order valence-electron chi connectivity index (χ4n) is 1.16. The molecule has 0 radical (unpaired) electrons. The molecule has 0 aliphatic rings. The van der Waals surface area contributed by atoms with Crippen molar-refractivity contribution in [3.05, 3.63) is 29.6 Å². The fraction of sp³-hybridized carbons (Fsp3) is 0.273. The summed E-state index contributed by atoms with van der Waals surface area (Å²) in [5.74, 6) is -1.73. The molecule has 0 bridgehead atoms. The van der Waals surface area contributed by atoms with Gasteiger partial charge in [0.15, 0.2) is 0 Å². The van der Waals surface area contributed by atoms with E-state index >= 15 is 0 Å². The van der Waals surface area contributed by atoms with E-state index in [0.29, 0.717) is 0 Å². The molecule has 7 heteroatoms. The molecule has 1 aromatic heterocycles. The van der Waals surface area contributed by atoms with Gasteiger partial charge < -0.3 is 15.7 Å². The number of hydrogen-bond acceptors (Lipinski definition) is 4. The van der Waals surface area contributed by atoms with E-state index in [0.717, 1.165) is 6.20 Å². The molecule has 7 nitrogen and oxygen atoms in total. The zero-order chi connectivity index (χ0) is 13.5. The van der Waals surface area contributed by atoms with Crippen LogP contribution >= 0.6 is 0 Å². The highest BCUT2D eigenvalue weighted by atomic mass is 16.4. The molecule has 0 aromatic carbocycles. The molecule has 2 amide bonds. The number of carboxylic acids is 1. The third-order valence-corrected chi connectivity index (χ3v) is 2.16. The van der Waals surface area contributed by atoms with Crippen molar-refractivity contribution in [1.82, 2.24) is 15.6 Å². The van der Waals surface area contributed by atoms with Crippen molar-refractivity contribution in [1.29, 1.82) is 0 Å². The lowest BCUT2D eigenvalue weighted by Gasteiger charge is -2.04. The minimum absolute atomic E-state index is 0.0110. The van der Waals surface area contributed by atoms with Gasteiger partial charge in [-0.05, 0) is 12.1 Å². The maximum atomic E-state index is 11.5. The number of carboxylic acid groups (broad SMARTS) is 1. The summed E-state index contributed by atoms with van der Waals surface area (Å²) < 4.78 is 0. The number of carbonyl (C=O) groups is 3. The highest BCUT2D eigenvalue weighted by Gasteiger charge is 2.09. The molecule has 0 saturated carbocycles. The monoisotopic (exact) mass is 251 g/mol. The first-order valence-electron chi connectivity index (χ1n) is 5.22. The number of aromatic carboxylic acids is 1. The van der Waals surface area contributed by atoms with Crippen LogP contribution < -0.4 is 10.6 Å². The predicted octanol–water partition coefficient (Wildman–Crippen LogP) is -0.354. The molecule has 0 aliphatic heterocycles. The lowest BCUT2D eigenvalue weighted by atomic mass is 10.2. The van der Waals surface area contributed by atoms with E-state index < -0.39 is 11.9 Å². The van der Waals surface area contributed by atoms with Crippen LogP contribution in [-0.2, 0) is 4.79 Å². The van der Waals surface area contributed by atoms with Crippen molar-refractivity contribution in [3.8, 4) is 0 Å². The van der Waals surface area contributed by atoms with Crippen LogP contribution in [0.3, 0.4) is 0 Å². The van der Waals surface area contributed by atoms with Crippen LogP contribution in [0.25, 0.3) is 0 Å². The highest BCUT2D eigenvalue weighted by molar-refractivity contribution is 5.93. The molecule has 0 aliphatic carbocycles. The van der Waals surface area contributed by atoms with Crippen molar-refractivity contribution in [2.24, 2.45) is 0 Å². The Morgan fingerprint density at radius 3 is 2.56 bits per heavy atom. The second kappa shape index (κ2) is 6.33. The summed E-state index contributed by atoms with van der Waals surface area (Å²) >= 11 is 0. The Morgan fingerprint density at radius 1 is 1.33 bits per heavy atom. The summed E-state index contributed by atoms with van der Waals surface area (Å²) in [5.41, 5.74) is 0.119. The maximum absolute atomic E-state index is 11.5. The van der Waals surface area contributed by atoms with Crippen molar-refractivity contribution in [2.75, 3.05) is 13.6 Å². The molecular weight excluding hydrogens is 238 g/mol. The Morgan fingerprint density at radius 2 is 2.06 bits per heavy atom. The SMILES string of the molecule is CNC(=O)CCNC(=O)c1ccc(C(=O)O)cn1. The number of rotatable bonds is 5. The van der Waals surface area contributed by atoms with Crippen LogP contribution in [-0.4, -0.2) is 41.5 Å². The lowest BCUT2D eigenvalue weighted by Crippen LogP contribution is -2.29. The number of carbonyl (C=O) groups excluding carboxylic acids is 2. The quantitative estimate of drug-likeness (QED) is 0.662. The Kier molecular flexibility index (Phi) is 4.79. The summed E-state index contributed by atoms with van der Waals surface area (Å²) in [7, 11) is 1.51. The Labute approximate surface area is 103 Å². The molecule has 1 heterocycles. The predicted molar refractivity (Wildman–Crippen MR) is 62.2 cm³/mol. The van der Waals surface area contributed by atoms with E-state index in [2.05, 4.69) is 15.6 Å². The molecule has 3 N–H and O–H groups in total. The first-order valence-corrected chi connectivity index (χ1v) is 5.22. The molecule has 0 spiro atoms. The first-order chi connectivity index (χ1) is 8.54. The summed E-state index contributed by atoms with van der Waals surface area (Å²) in [6, 6.07) is 2.61. The molecule has 0 saturated heterocycles. The number of nitrogens with zero attached hydrogens (tertiary/aromatic N) is 1. The zero-order valence-electron chi connectivity index (χ0n) is 9.77. The van der Waals surface area contributed by atoms with Crippen molar-refractivity contribution >= 4 is 17.8 Å². The number of nitrogens with one attached hydrogen (secondary N) is 2. The van der Waals surface area contributed by atoms with Crippen LogP contribution in [0.4, 0.5) is 0 Å². The molecule has 18 heavy (non-hydrogen) atoms. The molecular formula is C11H13N3O4. The Bertz CT molecular complexity index is 456. The smallest absolute Gasteiger partial charge is 0.337 e. The van der Waals surface area contributed by atoms with E-state index in [1.165, 1.54) is 19.2 Å². The van der Waals surface area contributed by atoms with E-state index in [1.54, 1.807) is 0 Å². The molecule has 1 aromatic rings. The average Bonchev–Trinajstić information content (AvgIpc) is 2.38. The van der Waals surface area contributed by atoms with E-state index in [1.807, 2.05) is 0 Å². The number of aromatic nitrogens is 1.